The van der Waals surface area contributed by atoms with E-state index in [0.717, 1.165) is 5.56 Å². The molecule has 0 aromatic heterocycles. The zero-order chi connectivity index (χ0) is 11.7. The van der Waals surface area contributed by atoms with Crippen LogP contribution in [0, 0.1) is 13.8 Å². The molecule has 0 aliphatic heterocycles. The minimum absolute atomic E-state index is 0.605. The molecule has 0 spiro atoms. The van der Waals surface area contributed by atoms with Crippen molar-refractivity contribution in [2.75, 3.05) is 5.73 Å². The Morgan fingerprint density at radius 1 is 1.00 bits per heavy atom. The summed E-state index contributed by atoms with van der Waals surface area (Å²) in [6.45, 7) is 4.19. The molecule has 0 saturated heterocycles. The molecule has 2 aromatic rings. The van der Waals surface area contributed by atoms with Gasteiger partial charge in [-0.25, -0.2) is 0 Å². The Hall–Kier alpha value is -1.47. The molecule has 2 rings (SSSR count). The van der Waals surface area contributed by atoms with Gasteiger partial charge in [-0.3, -0.25) is 0 Å². The standard InChI is InChI=1S/C14H14ClN/c1-9-3-5-12(10(2)7-9)11-4-6-13(15)14(16)8-11/h3-8H,16H2,1-2H3. The fourth-order valence-electron chi connectivity index (χ4n) is 1.85. The van der Waals surface area contributed by atoms with Gasteiger partial charge in [0.05, 0.1) is 10.7 Å². The van der Waals surface area contributed by atoms with Gasteiger partial charge in [0.1, 0.15) is 0 Å². The summed E-state index contributed by atoms with van der Waals surface area (Å²) in [4.78, 5) is 0. The Kier molecular flexibility index (Phi) is 2.88. The van der Waals surface area contributed by atoms with Crippen LogP contribution in [-0.4, -0.2) is 0 Å². The molecule has 0 radical (unpaired) electrons. The van der Waals surface area contributed by atoms with Gasteiger partial charge in [0, 0.05) is 0 Å². The Bertz CT molecular complexity index is 532. The Morgan fingerprint density at radius 3 is 2.38 bits per heavy atom. The second kappa shape index (κ2) is 4.18. The van der Waals surface area contributed by atoms with Gasteiger partial charge in [0.15, 0.2) is 0 Å². The van der Waals surface area contributed by atoms with Gasteiger partial charge in [-0.05, 0) is 42.7 Å². The van der Waals surface area contributed by atoms with E-state index in [0.29, 0.717) is 10.7 Å². The van der Waals surface area contributed by atoms with Crippen molar-refractivity contribution in [3.8, 4) is 11.1 Å². The molecule has 2 heteroatoms. The minimum atomic E-state index is 0.605. The molecule has 0 bridgehead atoms. The molecule has 2 aromatic carbocycles. The molecule has 0 heterocycles. The minimum Gasteiger partial charge on any atom is -0.398 e. The summed E-state index contributed by atoms with van der Waals surface area (Å²) in [6, 6.07) is 12.1. The summed E-state index contributed by atoms with van der Waals surface area (Å²) >= 11 is 5.91. The Morgan fingerprint density at radius 2 is 1.75 bits per heavy atom. The first-order chi connectivity index (χ1) is 7.58. The van der Waals surface area contributed by atoms with Gasteiger partial charge < -0.3 is 5.73 Å². The van der Waals surface area contributed by atoms with Crippen molar-refractivity contribution >= 4 is 17.3 Å². The summed E-state index contributed by atoms with van der Waals surface area (Å²) in [7, 11) is 0. The van der Waals surface area contributed by atoms with Crippen molar-refractivity contribution in [3.05, 3.63) is 52.5 Å². The van der Waals surface area contributed by atoms with Gasteiger partial charge in [0.2, 0.25) is 0 Å². The maximum atomic E-state index is 5.91. The predicted octanol–water partition coefficient (Wildman–Crippen LogP) is 4.21. The largest absolute Gasteiger partial charge is 0.398 e. The van der Waals surface area contributed by atoms with Gasteiger partial charge in [0.25, 0.3) is 0 Å². The number of hydrogen-bond donors (Lipinski definition) is 1. The quantitative estimate of drug-likeness (QED) is 0.732. The molecular weight excluding hydrogens is 218 g/mol. The molecule has 82 valence electrons. The number of hydrogen-bond acceptors (Lipinski definition) is 1. The van der Waals surface area contributed by atoms with E-state index in [4.69, 9.17) is 17.3 Å². The SMILES string of the molecule is Cc1ccc(-c2ccc(Cl)c(N)c2)c(C)c1. The van der Waals surface area contributed by atoms with Gasteiger partial charge in [-0.1, -0.05) is 41.4 Å². The average Bonchev–Trinajstić information content (AvgIpc) is 2.22. The van der Waals surface area contributed by atoms with E-state index in [1.165, 1.54) is 16.7 Å². The smallest absolute Gasteiger partial charge is 0.0635 e. The van der Waals surface area contributed by atoms with E-state index in [1.807, 2.05) is 18.2 Å². The van der Waals surface area contributed by atoms with Crippen molar-refractivity contribution in [1.82, 2.24) is 0 Å². The van der Waals surface area contributed by atoms with Crippen LogP contribution < -0.4 is 5.73 Å². The van der Waals surface area contributed by atoms with Crippen LogP contribution in [0.25, 0.3) is 11.1 Å². The number of nitrogens with two attached hydrogens (primary N) is 1. The number of nitrogen functional groups attached to an aromatic ring is 1. The predicted molar refractivity (Wildman–Crippen MR) is 70.8 cm³/mol. The van der Waals surface area contributed by atoms with Crippen molar-refractivity contribution in [3.63, 3.8) is 0 Å². The monoisotopic (exact) mass is 231 g/mol. The van der Waals surface area contributed by atoms with Crippen LogP contribution in [0.1, 0.15) is 11.1 Å². The van der Waals surface area contributed by atoms with E-state index in [-0.39, 0.29) is 0 Å². The molecule has 0 aliphatic carbocycles. The normalized spacial score (nSPS) is 10.4. The highest BCUT2D eigenvalue weighted by Crippen LogP contribution is 2.29. The highest BCUT2D eigenvalue weighted by atomic mass is 35.5. The lowest BCUT2D eigenvalue weighted by atomic mass is 9.98. The summed E-state index contributed by atoms with van der Waals surface area (Å²) in [5.74, 6) is 0. The molecule has 0 atom stereocenters. The van der Waals surface area contributed by atoms with Crippen molar-refractivity contribution in [2.24, 2.45) is 0 Å². The summed E-state index contributed by atoms with van der Waals surface area (Å²) in [6.07, 6.45) is 0. The molecule has 0 fully saturated rings. The van der Waals surface area contributed by atoms with Crippen molar-refractivity contribution in [2.45, 2.75) is 13.8 Å². The zero-order valence-corrected chi connectivity index (χ0v) is 10.2. The third kappa shape index (κ3) is 2.05. The van der Waals surface area contributed by atoms with Crippen LogP contribution in [0.15, 0.2) is 36.4 Å². The number of benzene rings is 2. The lowest BCUT2D eigenvalue weighted by molar-refractivity contribution is 1.38. The lowest BCUT2D eigenvalue weighted by Gasteiger charge is -2.08. The van der Waals surface area contributed by atoms with Crippen molar-refractivity contribution < 1.29 is 0 Å². The van der Waals surface area contributed by atoms with Gasteiger partial charge >= 0.3 is 0 Å². The van der Waals surface area contributed by atoms with Crippen molar-refractivity contribution in [1.29, 1.82) is 0 Å². The second-order valence-corrected chi connectivity index (χ2v) is 4.46. The van der Waals surface area contributed by atoms with Gasteiger partial charge in [-0.15, -0.1) is 0 Å². The fraction of sp³-hybridized carbons (Fsp3) is 0.143. The topological polar surface area (TPSA) is 26.0 Å². The highest BCUT2D eigenvalue weighted by Gasteiger charge is 2.04. The fourth-order valence-corrected chi connectivity index (χ4v) is 1.97. The van der Waals surface area contributed by atoms with Crippen LogP contribution in [0.3, 0.4) is 0 Å². The number of rotatable bonds is 1. The Balaban J connectivity index is 2.54. The zero-order valence-electron chi connectivity index (χ0n) is 9.42. The number of halogens is 1. The highest BCUT2D eigenvalue weighted by molar-refractivity contribution is 6.33. The molecule has 0 saturated carbocycles. The number of aryl methyl sites for hydroxylation is 2. The average molecular weight is 232 g/mol. The van der Waals surface area contributed by atoms with Crippen LogP contribution in [0.4, 0.5) is 5.69 Å². The molecule has 1 nitrogen and oxygen atoms in total. The van der Waals surface area contributed by atoms with E-state index in [2.05, 4.69) is 32.0 Å². The lowest BCUT2D eigenvalue weighted by Crippen LogP contribution is -1.89. The maximum absolute atomic E-state index is 5.91. The first-order valence-corrected chi connectivity index (χ1v) is 5.58. The first-order valence-electron chi connectivity index (χ1n) is 5.20. The summed E-state index contributed by atoms with van der Waals surface area (Å²) in [5.41, 5.74) is 11.3. The molecular formula is C14H14ClN. The van der Waals surface area contributed by atoms with E-state index < -0.39 is 0 Å². The van der Waals surface area contributed by atoms with Crippen LogP contribution in [-0.2, 0) is 0 Å². The van der Waals surface area contributed by atoms with E-state index >= 15 is 0 Å². The first kappa shape index (κ1) is 11.0. The van der Waals surface area contributed by atoms with Crippen LogP contribution in [0.2, 0.25) is 5.02 Å². The molecule has 0 unspecified atom stereocenters. The molecule has 2 N–H and O–H groups in total. The maximum Gasteiger partial charge on any atom is 0.0635 e. The third-order valence-corrected chi connectivity index (χ3v) is 3.03. The van der Waals surface area contributed by atoms with Crippen LogP contribution >= 0.6 is 11.6 Å². The second-order valence-electron chi connectivity index (χ2n) is 4.05. The molecule has 16 heavy (non-hydrogen) atoms. The summed E-state index contributed by atoms with van der Waals surface area (Å²) < 4.78 is 0. The van der Waals surface area contributed by atoms with Crippen LogP contribution in [0.5, 0.6) is 0 Å². The number of anilines is 1. The van der Waals surface area contributed by atoms with E-state index in [9.17, 15) is 0 Å². The molecule has 0 amide bonds. The third-order valence-electron chi connectivity index (χ3n) is 2.69. The molecule has 0 aliphatic rings. The van der Waals surface area contributed by atoms with E-state index in [1.54, 1.807) is 0 Å². The summed E-state index contributed by atoms with van der Waals surface area (Å²) in [5, 5.41) is 0.605. The Labute approximate surface area is 101 Å². The van der Waals surface area contributed by atoms with Gasteiger partial charge in [-0.2, -0.15) is 0 Å².